The van der Waals surface area contributed by atoms with E-state index in [4.69, 9.17) is 10.6 Å². The zero-order chi connectivity index (χ0) is 13.8. The maximum absolute atomic E-state index is 5.71. The van der Waals surface area contributed by atoms with Gasteiger partial charge >= 0.3 is 0 Å². The smallest absolute Gasteiger partial charge is 0.137 e. The lowest BCUT2D eigenvalue weighted by atomic mass is 10.0. The van der Waals surface area contributed by atoms with Crippen molar-refractivity contribution >= 4 is 38.5 Å². The Labute approximate surface area is 134 Å². The number of aromatic nitrogens is 1. The van der Waals surface area contributed by atoms with E-state index >= 15 is 0 Å². The fraction of sp³-hybridized carbons (Fsp3) is 0.154. The molecule has 0 saturated carbocycles. The first-order valence-electron chi connectivity index (χ1n) is 5.55. The topological polar surface area (TPSA) is 60.2 Å². The molecule has 1 aromatic heterocycles. The molecule has 0 bridgehead atoms. The van der Waals surface area contributed by atoms with Gasteiger partial charge < -0.3 is 4.74 Å². The molecule has 0 radical (unpaired) electrons. The number of pyridine rings is 1. The van der Waals surface area contributed by atoms with Gasteiger partial charge in [0.1, 0.15) is 5.75 Å². The number of hydrazine groups is 1. The molecule has 0 spiro atoms. The summed E-state index contributed by atoms with van der Waals surface area (Å²) in [6.07, 6.45) is 3.44. The summed E-state index contributed by atoms with van der Waals surface area (Å²) < 4.78 is 7.34. The van der Waals surface area contributed by atoms with Crippen LogP contribution in [0.15, 0.2) is 41.1 Å². The van der Waals surface area contributed by atoms with Crippen LogP contribution < -0.4 is 16.0 Å². The third-order valence-corrected chi connectivity index (χ3v) is 4.13. The highest BCUT2D eigenvalue weighted by molar-refractivity contribution is 14.1. The summed E-state index contributed by atoms with van der Waals surface area (Å²) in [5.41, 5.74) is 4.83. The molecule has 0 aliphatic rings. The molecule has 19 heavy (non-hydrogen) atoms. The van der Waals surface area contributed by atoms with Crippen molar-refractivity contribution in [2.75, 3.05) is 7.11 Å². The van der Waals surface area contributed by atoms with Gasteiger partial charge in [-0.05, 0) is 58.0 Å². The van der Waals surface area contributed by atoms with Gasteiger partial charge in [-0.25, -0.2) is 5.43 Å². The third-order valence-electron chi connectivity index (χ3n) is 2.74. The average molecular weight is 434 g/mol. The Morgan fingerprint density at radius 1 is 1.37 bits per heavy atom. The van der Waals surface area contributed by atoms with Gasteiger partial charge in [-0.1, -0.05) is 15.9 Å². The lowest BCUT2D eigenvalue weighted by Crippen LogP contribution is -2.29. The number of nitrogens with zero attached hydrogens (tertiary/aromatic N) is 1. The molecule has 1 heterocycles. The first-order chi connectivity index (χ1) is 9.15. The van der Waals surface area contributed by atoms with E-state index in [1.165, 1.54) is 0 Å². The van der Waals surface area contributed by atoms with Gasteiger partial charge in [0.2, 0.25) is 0 Å². The van der Waals surface area contributed by atoms with E-state index in [1.54, 1.807) is 19.5 Å². The number of halogens is 2. The van der Waals surface area contributed by atoms with Crippen LogP contribution in [0.25, 0.3) is 0 Å². The molecule has 1 unspecified atom stereocenters. The second kappa shape index (κ2) is 6.65. The van der Waals surface area contributed by atoms with Crippen LogP contribution in [0.1, 0.15) is 17.2 Å². The molecule has 0 aliphatic heterocycles. The molecule has 0 fully saturated rings. The SMILES string of the molecule is COc1cncc(C(NN)c2cc(I)ccc2Br)c1. The number of nitrogens with two attached hydrogens (primary N) is 1. The van der Waals surface area contributed by atoms with Gasteiger partial charge in [0.05, 0.1) is 19.3 Å². The zero-order valence-corrected chi connectivity index (χ0v) is 14.0. The molecule has 2 aromatic rings. The second-order valence-corrected chi connectivity index (χ2v) is 6.02. The molecule has 1 atom stereocenters. The Kier molecular flexibility index (Phi) is 5.14. The zero-order valence-electron chi connectivity index (χ0n) is 10.2. The summed E-state index contributed by atoms with van der Waals surface area (Å²) in [5, 5.41) is 0. The number of benzene rings is 1. The van der Waals surface area contributed by atoms with Crippen LogP contribution in [0.3, 0.4) is 0 Å². The van der Waals surface area contributed by atoms with Crippen LogP contribution in [0.5, 0.6) is 5.75 Å². The number of nitrogens with one attached hydrogen (secondary N) is 1. The molecule has 2 rings (SSSR count). The molecular formula is C13H13BrIN3O. The van der Waals surface area contributed by atoms with Crippen molar-refractivity contribution in [1.29, 1.82) is 0 Å². The fourth-order valence-electron chi connectivity index (χ4n) is 1.81. The highest BCUT2D eigenvalue weighted by Crippen LogP contribution is 2.30. The lowest BCUT2D eigenvalue weighted by molar-refractivity contribution is 0.411. The van der Waals surface area contributed by atoms with E-state index < -0.39 is 0 Å². The van der Waals surface area contributed by atoms with Crippen LogP contribution in [-0.2, 0) is 0 Å². The number of methoxy groups -OCH3 is 1. The van der Waals surface area contributed by atoms with Gasteiger partial charge in [-0.3, -0.25) is 10.8 Å². The molecule has 0 amide bonds. The minimum Gasteiger partial charge on any atom is -0.495 e. The number of hydrogen-bond acceptors (Lipinski definition) is 4. The average Bonchev–Trinajstić information content (AvgIpc) is 2.44. The van der Waals surface area contributed by atoms with Gasteiger partial charge in [-0.2, -0.15) is 0 Å². The maximum Gasteiger partial charge on any atom is 0.137 e. The Morgan fingerprint density at radius 3 is 2.84 bits per heavy atom. The molecule has 6 heteroatoms. The summed E-state index contributed by atoms with van der Waals surface area (Å²) in [4.78, 5) is 4.16. The Hall–Kier alpha value is -0.700. The Morgan fingerprint density at radius 2 is 2.16 bits per heavy atom. The molecule has 3 N–H and O–H groups in total. The summed E-state index contributed by atoms with van der Waals surface area (Å²) in [6, 6.07) is 7.89. The van der Waals surface area contributed by atoms with Crippen molar-refractivity contribution in [2.45, 2.75) is 6.04 Å². The van der Waals surface area contributed by atoms with E-state index in [-0.39, 0.29) is 6.04 Å². The van der Waals surface area contributed by atoms with Crippen molar-refractivity contribution < 1.29 is 4.74 Å². The van der Waals surface area contributed by atoms with Crippen molar-refractivity contribution in [2.24, 2.45) is 5.84 Å². The number of hydrogen-bond donors (Lipinski definition) is 2. The predicted octanol–water partition coefficient (Wildman–Crippen LogP) is 3.01. The molecule has 4 nitrogen and oxygen atoms in total. The summed E-state index contributed by atoms with van der Waals surface area (Å²) in [7, 11) is 1.62. The first kappa shape index (κ1) is 14.7. The lowest BCUT2D eigenvalue weighted by Gasteiger charge is -2.19. The quantitative estimate of drug-likeness (QED) is 0.442. The van der Waals surface area contributed by atoms with E-state index in [9.17, 15) is 0 Å². The van der Waals surface area contributed by atoms with Crippen LogP contribution in [0.4, 0.5) is 0 Å². The van der Waals surface area contributed by atoms with E-state index in [2.05, 4.69) is 55.0 Å². The number of rotatable bonds is 4. The summed E-state index contributed by atoms with van der Waals surface area (Å²) in [5.74, 6) is 6.41. The maximum atomic E-state index is 5.71. The monoisotopic (exact) mass is 433 g/mol. The highest BCUT2D eigenvalue weighted by Gasteiger charge is 2.16. The van der Waals surface area contributed by atoms with Crippen molar-refractivity contribution in [1.82, 2.24) is 10.4 Å². The molecule has 0 aliphatic carbocycles. The van der Waals surface area contributed by atoms with Crippen molar-refractivity contribution in [3.63, 3.8) is 0 Å². The normalized spacial score (nSPS) is 12.2. The van der Waals surface area contributed by atoms with Crippen LogP contribution in [-0.4, -0.2) is 12.1 Å². The predicted molar refractivity (Wildman–Crippen MR) is 86.8 cm³/mol. The van der Waals surface area contributed by atoms with E-state index in [1.807, 2.05) is 18.2 Å². The van der Waals surface area contributed by atoms with Gasteiger partial charge in [0, 0.05) is 14.2 Å². The minimum absolute atomic E-state index is 0.147. The molecular weight excluding hydrogens is 421 g/mol. The van der Waals surface area contributed by atoms with Crippen LogP contribution in [0.2, 0.25) is 0 Å². The largest absolute Gasteiger partial charge is 0.495 e. The van der Waals surface area contributed by atoms with Gasteiger partial charge in [0.15, 0.2) is 0 Å². The second-order valence-electron chi connectivity index (χ2n) is 3.92. The van der Waals surface area contributed by atoms with E-state index in [0.717, 1.165) is 19.2 Å². The third kappa shape index (κ3) is 3.44. The van der Waals surface area contributed by atoms with E-state index in [0.29, 0.717) is 5.75 Å². The standard InChI is InChI=1S/C13H13BrIN3O/c1-19-10-4-8(6-17-7-10)13(18-16)11-5-9(15)2-3-12(11)14/h2-7,13,18H,16H2,1H3. The van der Waals surface area contributed by atoms with Crippen molar-refractivity contribution in [3.05, 3.63) is 55.8 Å². The first-order valence-corrected chi connectivity index (χ1v) is 7.43. The molecule has 1 aromatic carbocycles. The number of ether oxygens (including phenoxy) is 1. The Balaban J connectivity index is 2.46. The van der Waals surface area contributed by atoms with Gasteiger partial charge in [0.25, 0.3) is 0 Å². The highest BCUT2D eigenvalue weighted by atomic mass is 127. The Bertz CT molecular complexity index is 580. The fourth-order valence-corrected chi connectivity index (χ4v) is 2.80. The molecule has 100 valence electrons. The van der Waals surface area contributed by atoms with Gasteiger partial charge in [-0.15, -0.1) is 0 Å². The summed E-state index contributed by atoms with van der Waals surface area (Å²) in [6.45, 7) is 0. The van der Waals surface area contributed by atoms with Crippen molar-refractivity contribution in [3.8, 4) is 5.75 Å². The molecule has 0 saturated heterocycles. The minimum atomic E-state index is -0.147. The van der Waals surface area contributed by atoms with Crippen LogP contribution >= 0.6 is 38.5 Å². The summed E-state index contributed by atoms with van der Waals surface area (Å²) >= 11 is 5.83. The van der Waals surface area contributed by atoms with Crippen LogP contribution in [0, 0.1) is 3.57 Å².